The highest BCUT2D eigenvalue weighted by Gasteiger charge is 2.10. The Morgan fingerprint density at radius 1 is 1.18 bits per heavy atom. The summed E-state index contributed by atoms with van der Waals surface area (Å²) in [7, 11) is 0. The number of aliphatic hydroxyl groups is 1. The largest absolute Gasteiger partial charge is 0.387 e. The number of aliphatic hydroxyl groups excluding tert-OH is 1. The van der Waals surface area contributed by atoms with Gasteiger partial charge in [-0.25, -0.2) is 0 Å². The average molecular weight is 358 g/mol. The Morgan fingerprint density at radius 3 is 2.47 bits per heavy atom. The second-order valence-electron chi connectivity index (χ2n) is 4.00. The molecule has 1 heterocycles. The van der Waals surface area contributed by atoms with Gasteiger partial charge in [-0.15, -0.1) is 11.3 Å². The van der Waals surface area contributed by atoms with Gasteiger partial charge in [-0.2, -0.15) is 0 Å². The Balaban J connectivity index is 2.05. The van der Waals surface area contributed by atoms with Crippen LogP contribution in [0.25, 0.3) is 0 Å². The summed E-state index contributed by atoms with van der Waals surface area (Å²) in [5, 5.41) is 10.2. The molecule has 3 heteroatoms. The minimum atomic E-state index is -0.375. The summed E-state index contributed by atoms with van der Waals surface area (Å²) in [6.45, 7) is 2.14. The van der Waals surface area contributed by atoms with E-state index in [4.69, 9.17) is 0 Å². The second-order valence-corrected chi connectivity index (χ2v) is 6.45. The maximum atomic E-state index is 10.2. The van der Waals surface area contributed by atoms with E-state index in [-0.39, 0.29) is 6.10 Å². The molecule has 0 fully saturated rings. The monoisotopic (exact) mass is 358 g/mol. The smallest absolute Gasteiger partial charge is 0.0922 e. The van der Waals surface area contributed by atoms with E-state index < -0.39 is 0 Å². The highest BCUT2D eigenvalue weighted by atomic mass is 127. The lowest BCUT2D eigenvalue weighted by molar-refractivity contribution is 0.182. The molecular formula is C14H15IOS. The third kappa shape index (κ3) is 3.53. The van der Waals surface area contributed by atoms with Crippen LogP contribution >= 0.6 is 33.9 Å². The van der Waals surface area contributed by atoms with Crippen molar-refractivity contribution in [3.63, 3.8) is 0 Å². The van der Waals surface area contributed by atoms with Crippen molar-refractivity contribution in [2.75, 3.05) is 0 Å². The summed E-state index contributed by atoms with van der Waals surface area (Å²) in [5.74, 6) is 0. The molecule has 0 saturated carbocycles. The molecule has 0 aliphatic rings. The molecule has 2 rings (SSSR count). The Labute approximate surface area is 120 Å². The molecule has 1 N–H and O–H groups in total. The molecule has 0 bridgehead atoms. The fourth-order valence-electron chi connectivity index (χ4n) is 1.71. The number of hydrogen-bond acceptors (Lipinski definition) is 2. The van der Waals surface area contributed by atoms with Crippen LogP contribution in [0, 0.1) is 3.57 Å². The quantitative estimate of drug-likeness (QED) is 0.813. The first-order valence-electron chi connectivity index (χ1n) is 5.70. The van der Waals surface area contributed by atoms with Crippen LogP contribution in [0.3, 0.4) is 0 Å². The normalized spacial score (nSPS) is 12.6. The number of thiophene rings is 1. The molecule has 0 aliphatic carbocycles. The molecule has 0 amide bonds. The van der Waals surface area contributed by atoms with Crippen LogP contribution in [0.2, 0.25) is 0 Å². The summed E-state index contributed by atoms with van der Waals surface area (Å²) >= 11 is 4.00. The van der Waals surface area contributed by atoms with Gasteiger partial charge in [0.25, 0.3) is 0 Å². The predicted octanol–water partition coefficient (Wildman–Crippen LogP) is 4.19. The van der Waals surface area contributed by atoms with Crippen LogP contribution in [0.1, 0.15) is 28.3 Å². The van der Waals surface area contributed by atoms with Gasteiger partial charge in [0.2, 0.25) is 0 Å². The third-order valence-electron chi connectivity index (χ3n) is 2.70. The van der Waals surface area contributed by atoms with E-state index in [9.17, 15) is 5.11 Å². The van der Waals surface area contributed by atoms with Gasteiger partial charge < -0.3 is 5.11 Å². The van der Waals surface area contributed by atoms with Gasteiger partial charge in [-0.1, -0.05) is 19.1 Å². The number of hydrogen-bond donors (Lipinski definition) is 1. The van der Waals surface area contributed by atoms with E-state index in [1.54, 1.807) is 11.3 Å². The van der Waals surface area contributed by atoms with Crippen LogP contribution in [-0.4, -0.2) is 5.11 Å². The lowest BCUT2D eigenvalue weighted by atomic mass is 10.1. The molecule has 0 spiro atoms. The number of benzene rings is 1. The Bertz CT molecular complexity index is 475. The topological polar surface area (TPSA) is 20.2 Å². The molecule has 1 aromatic carbocycles. The molecule has 0 aliphatic heterocycles. The molecule has 1 unspecified atom stereocenters. The van der Waals surface area contributed by atoms with E-state index in [2.05, 4.69) is 59.8 Å². The summed E-state index contributed by atoms with van der Waals surface area (Å²) < 4.78 is 1.23. The third-order valence-corrected chi connectivity index (χ3v) is 4.75. The van der Waals surface area contributed by atoms with E-state index >= 15 is 0 Å². The second kappa shape index (κ2) is 5.98. The lowest BCUT2D eigenvalue weighted by Crippen LogP contribution is -1.99. The van der Waals surface area contributed by atoms with Crippen molar-refractivity contribution < 1.29 is 5.11 Å². The highest BCUT2D eigenvalue weighted by molar-refractivity contribution is 14.1. The zero-order valence-corrected chi connectivity index (χ0v) is 12.7. The van der Waals surface area contributed by atoms with E-state index in [0.29, 0.717) is 6.42 Å². The van der Waals surface area contributed by atoms with Gasteiger partial charge in [0.05, 0.1) is 6.10 Å². The van der Waals surface area contributed by atoms with Crippen molar-refractivity contribution in [3.05, 3.63) is 55.3 Å². The average Bonchev–Trinajstić information content (AvgIpc) is 2.81. The van der Waals surface area contributed by atoms with Crippen molar-refractivity contribution >= 4 is 33.9 Å². The molecule has 0 radical (unpaired) electrons. The first kappa shape index (κ1) is 13.1. The van der Waals surface area contributed by atoms with E-state index in [1.807, 2.05) is 6.07 Å². The molecule has 1 atom stereocenters. The summed E-state index contributed by atoms with van der Waals surface area (Å²) in [6, 6.07) is 12.5. The van der Waals surface area contributed by atoms with Gasteiger partial charge >= 0.3 is 0 Å². The molecule has 0 saturated heterocycles. The summed E-state index contributed by atoms with van der Waals surface area (Å²) in [6.07, 6.45) is 1.36. The summed E-state index contributed by atoms with van der Waals surface area (Å²) in [5.41, 5.74) is 1.18. The van der Waals surface area contributed by atoms with Crippen molar-refractivity contribution in [2.24, 2.45) is 0 Å². The van der Waals surface area contributed by atoms with Crippen molar-refractivity contribution in [1.82, 2.24) is 0 Å². The minimum absolute atomic E-state index is 0.375. The maximum Gasteiger partial charge on any atom is 0.0922 e. The number of aryl methyl sites for hydroxylation is 1. The van der Waals surface area contributed by atoms with Crippen molar-refractivity contribution in [2.45, 2.75) is 25.9 Å². The number of halogens is 1. The fraction of sp³-hybridized carbons (Fsp3) is 0.286. The fourth-order valence-corrected chi connectivity index (χ4v) is 3.01. The van der Waals surface area contributed by atoms with Crippen LogP contribution in [-0.2, 0) is 12.8 Å². The molecular weight excluding hydrogens is 343 g/mol. The molecule has 90 valence electrons. The SMILES string of the molecule is CCc1ccc(C(O)Cc2ccc(I)cc2)s1. The van der Waals surface area contributed by atoms with E-state index in [1.165, 1.54) is 14.0 Å². The van der Waals surface area contributed by atoms with Crippen molar-refractivity contribution in [3.8, 4) is 0 Å². The number of rotatable bonds is 4. The zero-order valence-electron chi connectivity index (χ0n) is 9.69. The first-order valence-corrected chi connectivity index (χ1v) is 7.59. The van der Waals surface area contributed by atoms with Crippen LogP contribution < -0.4 is 0 Å². The van der Waals surface area contributed by atoms with Gasteiger partial charge in [-0.05, 0) is 58.8 Å². The highest BCUT2D eigenvalue weighted by Crippen LogP contribution is 2.26. The maximum absolute atomic E-state index is 10.2. The Hall–Kier alpha value is -0.390. The molecule has 2 aromatic rings. The van der Waals surface area contributed by atoms with Gasteiger partial charge in [0.15, 0.2) is 0 Å². The van der Waals surface area contributed by atoms with Crippen molar-refractivity contribution in [1.29, 1.82) is 0 Å². The van der Waals surface area contributed by atoms with E-state index in [0.717, 1.165) is 11.3 Å². The van der Waals surface area contributed by atoms with Crippen LogP contribution in [0.15, 0.2) is 36.4 Å². The van der Waals surface area contributed by atoms with Crippen LogP contribution in [0.4, 0.5) is 0 Å². The van der Waals surface area contributed by atoms with Gasteiger partial charge in [0.1, 0.15) is 0 Å². The first-order chi connectivity index (χ1) is 8.19. The Kier molecular flexibility index (Phi) is 4.59. The lowest BCUT2D eigenvalue weighted by Gasteiger charge is -2.08. The molecule has 1 aromatic heterocycles. The minimum Gasteiger partial charge on any atom is -0.387 e. The van der Waals surface area contributed by atoms with Crippen LogP contribution in [0.5, 0.6) is 0 Å². The predicted molar refractivity (Wildman–Crippen MR) is 81.5 cm³/mol. The Morgan fingerprint density at radius 2 is 1.88 bits per heavy atom. The molecule has 17 heavy (non-hydrogen) atoms. The van der Waals surface area contributed by atoms with Gasteiger partial charge in [0, 0.05) is 19.7 Å². The molecule has 1 nitrogen and oxygen atoms in total. The van der Waals surface area contributed by atoms with Gasteiger partial charge in [-0.3, -0.25) is 0 Å². The standard InChI is InChI=1S/C14H15IOS/c1-2-12-7-8-14(17-12)13(16)9-10-3-5-11(15)6-4-10/h3-8,13,16H,2,9H2,1H3. The zero-order chi connectivity index (χ0) is 12.3. The summed E-state index contributed by atoms with van der Waals surface area (Å²) in [4.78, 5) is 2.40.